The predicted molar refractivity (Wildman–Crippen MR) is 241 cm³/mol. The van der Waals surface area contributed by atoms with E-state index in [4.69, 9.17) is 18.5 Å². The molecule has 58 heavy (non-hydrogen) atoms. The quantitative estimate of drug-likeness (QED) is 0.0196. The van der Waals surface area contributed by atoms with Crippen molar-refractivity contribution in [2.75, 3.05) is 47.5 Å². The lowest BCUT2D eigenvalue weighted by Crippen LogP contribution is -2.37. The number of hydrogen-bond donors (Lipinski definition) is 0. The number of carbonyl (C=O) groups is 2. The molecule has 0 fully saturated rings. The molecule has 0 aliphatic rings. The van der Waals surface area contributed by atoms with Gasteiger partial charge in [-0.3, -0.25) is 14.2 Å². The van der Waals surface area contributed by atoms with Gasteiger partial charge in [-0.25, -0.2) is 0 Å². The summed E-state index contributed by atoms with van der Waals surface area (Å²) in [7, 11) is 1.17. The normalized spacial score (nSPS) is 13.6. The Morgan fingerprint density at radius 2 is 0.879 bits per heavy atom. The lowest BCUT2D eigenvalue weighted by atomic mass is 10.0. The average molecular weight is 844 g/mol. The molecule has 9 nitrogen and oxygen atoms in total. The van der Waals surface area contributed by atoms with Crippen molar-refractivity contribution in [2.45, 2.75) is 238 Å². The lowest BCUT2D eigenvalue weighted by Gasteiger charge is -2.28. The number of phosphoric acid groups is 1. The van der Waals surface area contributed by atoms with E-state index in [2.05, 4.69) is 26.0 Å². The van der Waals surface area contributed by atoms with Crippen LogP contribution in [0.2, 0.25) is 0 Å². The van der Waals surface area contributed by atoms with Gasteiger partial charge >= 0.3 is 11.9 Å². The van der Waals surface area contributed by atoms with Crippen LogP contribution in [0.3, 0.4) is 0 Å². The Hall–Kier alpha value is -1.25. The van der Waals surface area contributed by atoms with Gasteiger partial charge in [0.1, 0.15) is 19.8 Å². The first-order valence-corrected chi connectivity index (χ1v) is 25.9. The first kappa shape index (κ1) is 56.8. The van der Waals surface area contributed by atoms with Crippen molar-refractivity contribution >= 4 is 19.8 Å². The van der Waals surface area contributed by atoms with Crippen LogP contribution in [0, 0.1) is 0 Å². The first-order valence-electron chi connectivity index (χ1n) is 24.4. The number of nitrogens with zero attached hydrogens (tertiary/aromatic N) is 1. The van der Waals surface area contributed by atoms with E-state index in [0.29, 0.717) is 17.4 Å². The fraction of sp³-hybridized carbons (Fsp3) is 0.917. The molecule has 0 amide bonds. The van der Waals surface area contributed by atoms with Crippen LogP contribution in [-0.4, -0.2) is 70.0 Å². The van der Waals surface area contributed by atoms with Gasteiger partial charge in [0.05, 0.1) is 27.7 Å². The molecule has 0 radical (unpaired) electrons. The Bertz CT molecular complexity index is 1000. The van der Waals surface area contributed by atoms with E-state index in [1.54, 1.807) is 0 Å². The van der Waals surface area contributed by atoms with Gasteiger partial charge < -0.3 is 27.9 Å². The third-order valence-electron chi connectivity index (χ3n) is 10.8. The number of quaternary nitrogens is 1. The van der Waals surface area contributed by atoms with Gasteiger partial charge in [-0.2, -0.15) is 0 Å². The largest absolute Gasteiger partial charge is 0.756 e. The van der Waals surface area contributed by atoms with Crippen LogP contribution in [0.1, 0.15) is 232 Å². The summed E-state index contributed by atoms with van der Waals surface area (Å²) in [5.74, 6) is -0.839. The fourth-order valence-corrected chi connectivity index (χ4v) is 7.67. The van der Waals surface area contributed by atoms with Gasteiger partial charge in [0.2, 0.25) is 0 Å². The second-order valence-corrected chi connectivity index (χ2v) is 19.2. The molecule has 0 aromatic heterocycles. The highest BCUT2D eigenvalue weighted by Crippen LogP contribution is 2.38. The van der Waals surface area contributed by atoms with E-state index in [0.717, 1.165) is 44.9 Å². The minimum absolute atomic E-state index is 0.0302. The highest BCUT2D eigenvalue weighted by Gasteiger charge is 2.21. The Morgan fingerprint density at radius 3 is 1.29 bits per heavy atom. The maximum Gasteiger partial charge on any atom is 0.306 e. The summed E-state index contributed by atoms with van der Waals surface area (Å²) in [6.45, 7) is 4.25. The smallest absolute Gasteiger partial charge is 0.306 e. The van der Waals surface area contributed by atoms with Crippen molar-refractivity contribution in [2.24, 2.45) is 0 Å². The van der Waals surface area contributed by atoms with Crippen molar-refractivity contribution < 1.29 is 42.1 Å². The summed E-state index contributed by atoms with van der Waals surface area (Å²) in [5, 5.41) is 0. The molecule has 0 bridgehead atoms. The van der Waals surface area contributed by atoms with Crippen LogP contribution in [0.4, 0.5) is 0 Å². The number of allylic oxidation sites excluding steroid dienone is 2. The molecule has 0 aromatic rings. The average Bonchev–Trinajstić information content (AvgIpc) is 3.17. The predicted octanol–water partition coefficient (Wildman–Crippen LogP) is 13.5. The molecule has 0 saturated carbocycles. The second kappa shape index (κ2) is 41.1. The molecule has 0 aromatic carbocycles. The van der Waals surface area contributed by atoms with Crippen LogP contribution in [0.5, 0.6) is 0 Å². The molecule has 0 N–H and O–H groups in total. The molecule has 1 unspecified atom stereocenters. The Kier molecular flexibility index (Phi) is 40.2. The highest BCUT2D eigenvalue weighted by molar-refractivity contribution is 7.45. The van der Waals surface area contributed by atoms with Crippen LogP contribution in [0.25, 0.3) is 0 Å². The van der Waals surface area contributed by atoms with Gasteiger partial charge in [0.15, 0.2) is 6.10 Å². The molecule has 0 heterocycles. The first-order chi connectivity index (χ1) is 28.0. The van der Waals surface area contributed by atoms with Crippen molar-refractivity contribution in [3.05, 3.63) is 12.2 Å². The zero-order valence-corrected chi connectivity index (χ0v) is 39.7. The summed E-state index contributed by atoms with van der Waals surface area (Å²) >= 11 is 0. The maximum atomic E-state index is 12.7. The summed E-state index contributed by atoms with van der Waals surface area (Å²) in [4.78, 5) is 37.6. The second-order valence-electron chi connectivity index (χ2n) is 17.8. The van der Waals surface area contributed by atoms with Gasteiger partial charge in [-0.05, 0) is 38.5 Å². The van der Waals surface area contributed by atoms with E-state index in [9.17, 15) is 19.0 Å². The van der Waals surface area contributed by atoms with E-state index in [1.807, 2.05) is 21.1 Å². The number of carbonyl (C=O) groups excluding carboxylic acids is 2. The molecule has 0 saturated heterocycles. The SMILES string of the molecule is CCCCCCCCCC/C=C/CCCCCC(=O)O[C@H](COC(=O)CCCCCCCCCCCCCCCCCCCCC)COP(=O)([O-])OCC[N+](C)(C)C. The fourth-order valence-electron chi connectivity index (χ4n) is 6.95. The minimum Gasteiger partial charge on any atom is -0.756 e. The van der Waals surface area contributed by atoms with Crippen molar-refractivity contribution in [3.63, 3.8) is 0 Å². The molecule has 0 spiro atoms. The van der Waals surface area contributed by atoms with Crippen LogP contribution >= 0.6 is 7.82 Å². The Labute approximate surface area is 358 Å². The van der Waals surface area contributed by atoms with Gasteiger partial charge in [0.25, 0.3) is 7.82 Å². The molecule has 0 aliphatic heterocycles. The van der Waals surface area contributed by atoms with Crippen LogP contribution < -0.4 is 4.89 Å². The number of hydrogen-bond acceptors (Lipinski definition) is 8. The topological polar surface area (TPSA) is 111 Å². The van der Waals surface area contributed by atoms with E-state index in [-0.39, 0.29) is 32.0 Å². The van der Waals surface area contributed by atoms with Crippen molar-refractivity contribution in [1.82, 2.24) is 0 Å². The summed E-state index contributed by atoms with van der Waals surface area (Å²) in [6, 6.07) is 0. The highest BCUT2D eigenvalue weighted by atomic mass is 31.2. The number of phosphoric ester groups is 1. The molecule has 0 aliphatic carbocycles. The number of ether oxygens (including phenoxy) is 2. The standard InChI is InChI=1S/C48H94NO8P/c1-6-8-10-12-14-16-18-20-22-23-24-25-27-28-30-32-34-36-38-40-47(50)54-44-46(45-56-58(52,53)55-43-42-49(3,4)5)57-48(51)41-39-37-35-33-31-29-26-21-19-17-15-13-11-9-7-2/h29,31,46H,6-28,30,32-45H2,1-5H3/b31-29+/t46-/m1/s1. The maximum absolute atomic E-state index is 12.7. The molecular weight excluding hydrogens is 750 g/mol. The number of unbranched alkanes of at least 4 members (excludes halogenated alkanes) is 29. The van der Waals surface area contributed by atoms with E-state index >= 15 is 0 Å². The third kappa shape index (κ3) is 44.3. The Balaban J connectivity index is 4.26. The number of likely N-dealkylation sites (N-methyl/N-ethyl adjacent to an activating group) is 1. The van der Waals surface area contributed by atoms with Crippen molar-refractivity contribution in [1.29, 1.82) is 0 Å². The molecule has 2 atom stereocenters. The summed E-state index contributed by atoms with van der Waals surface area (Å²) in [6.07, 6.45) is 43.8. The van der Waals surface area contributed by atoms with E-state index in [1.165, 1.54) is 154 Å². The molecule has 344 valence electrons. The summed E-state index contributed by atoms with van der Waals surface area (Å²) < 4.78 is 34.0. The molecular formula is C48H94NO8P. The van der Waals surface area contributed by atoms with Gasteiger partial charge in [0, 0.05) is 12.8 Å². The van der Waals surface area contributed by atoms with Gasteiger partial charge in [-0.15, -0.1) is 0 Å². The minimum atomic E-state index is -4.63. The van der Waals surface area contributed by atoms with Crippen molar-refractivity contribution in [3.8, 4) is 0 Å². The number of rotatable bonds is 45. The van der Waals surface area contributed by atoms with Crippen LogP contribution in [0.15, 0.2) is 12.2 Å². The lowest BCUT2D eigenvalue weighted by molar-refractivity contribution is -0.870. The van der Waals surface area contributed by atoms with Crippen LogP contribution in [-0.2, 0) is 32.7 Å². The zero-order valence-electron chi connectivity index (χ0n) is 38.8. The summed E-state index contributed by atoms with van der Waals surface area (Å²) in [5.41, 5.74) is 0. The molecule has 0 rings (SSSR count). The van der Waals surface area contributed by atoms with Gasteiger partial charge in [-0.1, -0.05) is 193 Å². The monoisotopic (exact) mass is 844 g/mol. The third-order valence-corrected chi connectivity index (χ3v) is 11.7. The number of esters is 2. The molecule has 10 heteroatoms. The van der Waals surface area contributed by atoms with E-state index < -0.39 is 26.5 Å². The Morgan fingerprint density at radius 1 is 0.517 bits per heavy atom. The zero-order chi connectivity index (χ0) is 42.8.